The van der Waals surface area contributed by atoms with Crippen molar-refractivity contribution in [3.63, 3.8) is 0 Å². The van der Waals surface area contributed by atoms with Gasteiger partial charge in [-0.15, -0.1) is 0 Å². The van der Waals surface area contributed by atoms with E-state index in [1.165, 1.54) is 6.92 Å². The summed E-state index contributed by atoms with van der Waals surface area (Å²) in [5.41, 5.74) is 14.0. The smallest absolute Gasteiger partial charge is 0.326 e. The Morgan fingerprint density at radius 1 is 0.818 bits per heavy atom. The summed E-state index contributed by atoms with van der Waals surface area (Å²) < 4.78 is 0. The molecule has 17 heteroatoms. The summed E-state index contributed by atoms with van der Waals surface area (Å²) in [6.07, 6.45) is -2.94. The van der Waals surface area contributed by atoms with Gasteiger partial charge in [0.05, 0.1) is 25.0 Å². The van der Waals surface area contributed by atoms with Crippen molar-refractivity contribution in [2.24, 2.45) is 11.5 Å². The first-order chi connectivity index (χ1) is 15.1. The first-order valence-electron chi connectivity index (χ1n) is 9.29. The highest BCUT2D eigenvalue weighted by Crippen LogP contribution is 1.98. The Bertz CT molecular complexity index is 788. The van der Waals surface area contributed by atoms with Gasteiger partial charge in [0.25, 0.3) is 11.8 Å². The number of hydrazine groups is 1. The van der Waals surface area contributed by atoms with E-state index in [0.717, 1.165) is 6.92 Å². The molecule has 0 aromatic heterocycles. The van der Waals surface area contributed by atoms with Crippen molar-refractivity contribution in [3.05, 3.63) is 0 Å². The van der Waals surface area contributed by atoms with Crippen molar-refractivity contribution in [2.75, 3.05) is 0 Å². The van der Waals surface area contributed by atoms with Crippen LogP contribution in [0.25, 0.3) is 0 Å². The third kappa shape index (κ3) is 11.3. The molecule has 6 amide bonds. The van der Waals surface area contributed by atoms with E-state index in [1.807, 2.05) is 21.5 Å². The Hall–Kier alpha value is -3.99. The van der Waals surface area contributed by atoms with Crippen LogP contribution in [0.4, 0.5) is 4.79 Å². The van der Waals surface area contributed by atoms with E-state index < -0.39 is 84.7 Å². The van der Waals surface area contributed by atoms with Gasteiger partial charge < -0.3 is 42.7 Å². The molecule has 0 saturated carbocycles. The van der Waals surface area contributed by atoms with Crippen LogP contribution in [0.3, 0.4) is 0 Å². The number of nitrogens with two attached hydrogens (primary N) is 2. The molecule has 0 rings (SSSR count). The number of urea groups is 1. The van der Waals surface area contributed by atoms with Gasteiger partial charge in [-0.2, -0.15) is 0 Å². The Balaban J connectivity index is 4.88. The number of hydrogen-bond acceptors (Lipinski definition) is 9. The molecule has 17 nitrogen and oxygen atoms in total. The summed E-state index contributed by atoms with van der Waals surface area (Å²) in [6.45, 7) is 2.30. The Kier molecular flexibility index (Phi) is 11.8. The molecule has 33 heavy (non-hydrogen) atoms. The average Bonchev–Trinajstić information content (AvgIpc) is 2.67. The van der Waals surface area contributed by atoms with Crippen LogP contribution in [0.1, 0.15) is 26.7 Å². The fraction of sp³-hybridized carbons (Fsp3) is 0.562. The molecule has 186 valence electrons. The van der Waals surface area contributed by atoms with Crippen molar-refractivity contribution >= 4 is 41.6 Å². The van der Waals surface area contributed by atoms with Gasteiger partial charge in [0.15, 0.2) is 0 Å². The number of amides is 6. The Labute approximate surface area is 186 Å². The Morgan fingerprint density at radius 2 is 1.36 bits per heavy atom. The fourth-order valence-corrected chi connectivity index (χ4v) is 2.12. The van der Waals surface area contributed by atoms with Crippen LogP contribution in [0.2, 0.25) is 0 Å². The van der Waals surface area contributed by atoms with Crippen LogP contribution >= 0.6 is 0 Å². The number of primary amides is 1. The van der Waals surface area contributed by atoms with E-state index in [2.05, 4.69) is 5.32 Å². The van der Waals surface area contributed by atoms with Crippen LogP contribution in [-0.4, -0.2) is 87.2 Å². The van der Waals surface area contributed by atoms with Gasteiger partial charge in [-0.3, -0.25) is 34.8 Å². The molecule has 0 aliphatic heterocycles. The molecule has 0 saturated heterocycles. The molecule has 0 radical (unpaired) electrons. The highest BCUT2D eigenvalue weighted by atomic mass is 16.4. The second-order valence-corrected chi connectivity index (χ2v) is 6.81. The minimum atomic E-state index is -1.71. The van der Waals surface area contributed by atoms with Gasteiger partial charge in [0, 0.05) is 0 Å². The number of rotatable bonds is 12. The molecule has 12 N–H and O–H groups in total. The van der Waals surface area contributed by atoms with Gasteiger partial charge in [-0.25, -0.2) is 9.59 Å². The molecule has 0 spiro atoms. The van der Waals surface area contributed by atoms with Crippen molar-refractivity contribution in [2.45, 2.75) is 57.0 Å². The molecule has 5 atom stereocenters. The van der Waals surface area contributed by atoms with Gasteiger partial charge >= 0.3 is 18.0 Å². The van der Waals surface area contributed by atoms with E-state index in [9.17, 15) is 38.7 Å². The maximum absolute atomic E-state index is 12.2. The summed E-state index contributed by atoms with van der Waals surface area (Å²) in [7, 11) is 0. The number of hydrogen-bond donors (Lipinski definition) is 10. The predicted molar refractivity (Wildman–Crippen MR) is 106 cm³/mol. The largest absolute Gasteiger partial charge is 0.481 e. The zero-order chi connectivity index (χ0) is 25.9. The normalized spacial score (nSPS) is 14.9. The molecule has 5 unspecified atom stereocenters. The molecule has 0 aromatic carbocycles. The van der Waals surface area contributed by atoms with Gasteiger partial charge in [-0.1, -0.05) is 0 Å². The fourth-order valence-electron chi connectivity index (χ4n) is 2.12. The molecule has 0 aliphatic rings. The van der Waals surface area contributed by atoms with Gasteiger partial charge in [0.2, 0.25) is 11.8 Å². The molecular weight excluding hydrogens is 450 g/mol. The number of nitrogens with one attached hydrogen (secondary N) is 5. The van der Waals surface area contributed by atoms with E-state index in [-0.39, 0.29) is 0 Å². The van der Waals surface area contributed by atoms with Crippen LogP contribution in [-0.2, 0) is 28.8 Å². The summed E-state index contributed by atoms with van der Waals surface area (Å²) in [6, 6.07) is -7.26. The van der Waals surface area contributed by atoms with Crippen molar-refractivity contribution in [3.8, 4) is 0 Å². The lowest BCUT2D eigenvalue weighted by molar-refractivity contribution is -0.144. The van der Waals surface area contributed by atoms with Crippen molar-refractivity contribution < 1.29 is 48.9 Å². The predicted octanol–water partition coefficient (Wildman–Crippen LogP) is -5.18. The van der Waals surface area contributed by atoms with Crippen molar-refractivity contribution in [1.29, 1.82) is 0 Å². The monoisotopic (exact) mass is 477 g/mol. The highest BCUT2D eigenvalue weighted by Gasteiger charge is 2.31. The SMILES string of the molecule is CC(NC(=O)NC(C(=O)NC(CC(N)=O)C(=O)O)C(C)O)C(=O)NNC(=O)C(N)CC(=O)O. The minimum absolute atomic E-state index is 0.692. The molecule has 0 aromatic rings. The van der Waals surface area contributed by atoms with Crippen molar-refractivity contribution in [1.82, 2.24) is 26.8 Å². The minimum Gasteiger partial charge on any atom is -0.481 e. The summed E-state index contributed by atoms with van der Waals surface area (Å²) >= 11 is 0. The van der Waals surface area contributed by atoms with Crippen LogP contribution in [0.15, 0.2) is 0 Å². The highest BCUT2D eigenvalue weighted by molar-refractivity contribution is 5.94. The third-order valence-corrected chi connectivity index (χ3v) is 3.85. The number of carboxylic acids is 2. The molecule has 0 bridgehead atoms. The zero-order valence-electron chi connectivity index (χ0n) is 17.7. The number of aliphatic carboxylic acids is 2. The number of carbonyl (C=O) groups excluding carboxylic acids is 5. The van der Waals surface area contributed by atoms with E-state index in [0.29, 0.717) is 0 Å². The Morgan fingerprint density at radius 3 is 1.82 bits per heavy atom. The third-order valence-electron chi connectivity index (χ3n) is 3.85. The van der Waals surface area contributed by atoms with E-state index >= 15 is 0 Å². The topological polar surface area (TPSA) is 292 Å². The maximum Gasteiger partial charge on any atom is 0.326 e. The second kappa shape index (κ2) is 13.4. The first kappa shape index (κ1) is 29.0. The average molecular weight is 477 g/mol. The van der Waals surface area contributed by atoms with Crippen LogP contribution < -0.4 is 38.3 Å². The molecule has 0 aliphatic carbocycles. The number of aliphatic hydroxyl groups is 1. The van der Waals surface area contributed by atoms with Gasteiger partial charge in [0.1, 0.15) is 18.1 Å². The van der Waals surface area contributed by atoms with E-state index in [1.54, 1.807) is 0 Å². The lowest BCUT2D eigenvalue weighted by atomic mass is 10.1. The lowest BCUT2D eigenvalue weighted by Crippen LogP contribution is -2.60. The maximum atomic E-state index is 12.2. The van der Waals surface area contributed by atoms with Gasteiger partial charge in [-0.05, 0) is 13.8 Å². The summed E-state index contributed by atoms with van der Waals surface area (Å²) in [5, 5.41) is 33.4. The molecule has 0 heterocycles. The quantitative estimate of drug-likeness (QED) is 0.118. The van der Waals surface area contributed by atoms with Crippen LogP contribution in [0, 0.1) is 0 Å². The van der Waals surface area contributed by atoms with Crippen LogP contribution in [0.5, 0.6) is 0 Å². The second-order valence-electron chi connectivity index (χ2n) is 6.81. The first-order valence-corrected chi connectivity index (χ1v) is 9.29. The number of carboxylic acid groups (broad SMARTS) is 2. The zero-order valence-corrected chi connectivity index (χ0v) is 17.7. The molecule has 0 fully saturated rings. The summed E-state index contributed by atoms with van der Waals surface area (Å²) in [5.74, 6) is -7.03. The summed E-state index contributed by atoms with van der Waals surface area (Å²) in [4.78, 5) is 80.4. The standard InChI is InChI=1S/C16H27N7O10/c1-5(12(28)22-23-13(29)7(17)3-10(26)27)19-16(33)21-11(6(2)24)14(30)20-8(15(31)32)4-9(18)25/h5-8,11,24H,3-4,17H2,1-2H3,(H2,18,25)(H,20,30)(H,22,28)(H,23,29)(H,26,27)(H,31,32)(H2,19,21,33). The molecular formula is C16H27N7O10. The number of aliphatic hydroxyl groups excluding tert-OH is 1. The lowest BCUT2D eigenvalue weighted by Gasteiger charge is -2.24. The number of carbonyl (C=O) groups is 7. The van der Waals surface area contributed by atoms with E-state index in [4.69, 9.17) is 21.7 Å².